The van der Waals surface area contributed by atoms with Gasteiger partial charge in [0.05, 0.1) is 23.4 Å². The van der Waals surface area contributed by atoms with Gasteiger partial charge < -0.3 is 4.74 Å². The first-order valence-electron chi connectivity index (χ1n) is 6.23. The molecule has 0 bridgehead atoms. The Hall–Kier alpha value is -2.37. The van der Waals surface area contributed by atoms with Crippen LogP contribution < -0.4 is 0 Å². The van der Waals surface area contributed by atoms with Crippen LogP contribution in [0.3, 0.4) is 0 Å². The van der Waals surface area contributed by atoms with Crippen molar-refractivity contribution in [2.24, 2.45) is 0 Å². The summed E-state index contributed by atoms with van der Waals surface area (Å²) < 4.78 is 43.6. The summed E-state index contributed by atoms with van der Waals surface area (Å²) in [7, 11) is 0. The molecule has 0 aliphatic carbocycles. The molecule has 0 radical (unpaired) electrons. The van der Waals surface area contributed by atoms with E-state index in [1.165, 1.54) is 36.5 Å². The maximum absolute atomic E-state index is 12.9. The average Bonchev–Trinajstić information content (AvgIpc) is 2.47. The van der Waals surface area contributed by atoms with E-state index in [9.17, 15) is 18.0 Å². The number of benzene rings is 1. The molecule has 0 amide bonds. The summed E-state index contributed by atoms with van der Waals surface area (Å²) in [5.74, 6) is -0.513. The standard InChI is InChI=1S/C15H12F3NO2/c1-2-21-14(20)11-7-5-10(6-8-11)13-12(15(16,17)18)4-3-9-19-13/h3-9H,2H2,1H3. The summed E-state index contributed by atoms with van der Waals surface area (Å²) in [4.78, 5) is 15.3. The zero-order chi connectivity index (χ0) is 15.5. The van der Waals surface area contributed by atoms with Gasteiger partial charge in [-0.2, -0.15) is 13.2 Å². The summed E-state index contributed by atoms with van der Waals surface area (Å²) in [6.45, 7) is 1.91. The SMILES string of the molecule is CCOC(=O)c1ccc(-c2ncccc2C(F)(F)F)cc1. The molecule has 0 N–H and O–H groups in total. The van der Waals surface area contributed by atoms with E-state index in [2.05, 4.69) is 4.98 Å². The van der Waals surface area contributed by atoms with E-state index < -0.39 is 17.7 Å². The molecule has 1 heterocycles. The van der Waals surface area contributed by atoms with Crippen LogP contribution >= 0.6 is 0 Å². The normalized spacial score (nSPS) is 11.2. The molecule has 0 fully saturated rings. The van der Waals surface area contributed by atoms with Crippen LogP contribution in [-0.2, 0) is 10.9 Å². The van der Waals surface area contributed by atoms with Crippen LogP contribution in [0, 0.1) is 0 Å². The Labute approximate surface area is 119 Å². The number of hydrogen-bond donors (Lipinski definition) is 0. The Morgan fingerprint density at radius 2 is 1.86 bits per heavy atom. The Morgan fingerprint density at radius 1 is 1.19 bits per heavy atom. The fraction of sp³-hybridized carbons (Fsp3) is 0.200. The largest absolute Gasteiger partial charge is 0.462 e. The summed E-state index contributed by atoms with van der Waals surface area (Å²) in [6, 6.07) is 7.89. The van der Waals surface area contributed by atoms with Gasteiger partial charge in [0.25, 0.3) is 0 Å². The molecule has 110 valence electrons. The van der Waals surface area contributed by atoms with Crippen LogP contribution in [0.2, 0.25) is 0 Å². The average molecular weight is 295 g/mol. The molecule has 21 heavy (non-hydrogen) atoms. The number of hydrogen-bond acceptors (Lipinski definition) is 3. The van der Waals surface area contributed by atoms with E-state index in [0.29, 0.717) is 0 Å². The molecule has 0 spiro atoms. The molecule has 0 aliphatic rings. The van der Waals surface area contributed by atoms with Crippen LogP contribution in [0.4, 0.5) is 13.2 Å². The number of rotatable bonds is 3. The molecule has 0 atom stereocenters. The van der Waals surface area contributed by atoms with Crippen molar-refractivity contribution in [3.8, 4) is 11.3 Å². The van der Waals surface area contributed by atoms with Crippen molar-refractivity contribution in [1.29, 1.82) is 0 Å². The van der Waals surface area contributed by atoms with Gasteiger partial charge in [0, 0.05) is 11.8 Å². The van der Waals surface area contributed by atoms with E-state index in [1.54, 1.807) is 6.92 Å². The van der Waals surface area contributed by atoms with E-state index >= 15 is 0 Å². The molecule has 3 nitrogen and oxygen atoms in total. The molecule has 1 aromatic carbocycles. The summed E-state index contributed by atoms with van der Waals surface area (Å²) >= 11 is 0. The number of pyridine rings is 1. The number of ether oxygens (including phenoxy) is 1. The van der Waals surface area contributed by atoms with E-state index in [1.807, 2.05) is 0 Å². The molecule has 0 aliphatic heterocycles. The Kier molecular flexibility index (Phi) is 4.26. The third-order valence-corrected chi connectivity index (χ3v) is 2.78. The Morgan fingerprint density at radius 3 is 2.43 bits per heavy atom. The van der Waals surface area contributed by atoms with Crippen LogP contribution in [0.5, 0.6) is 0 Å². The lowest BCUT2D eigenvalue weighted by Gasteiger charge is -2.11. The second kappa shape index (κ2) is 5.95. The quantitative estimate of drug-likeness (QED) is 0.805. The number of aromatic nitrogens is 1. The Bertz CT molecular complexity index is 636. The molecule has 2 rings (SSSR count). The first-order valence-corrected chi connectivity index (χ1v) is 6.23. The van der Waals surface area contributed by atoms with Gasteiger partial charge in [-0.3, -0.25) is 4.98 Å². The van der Waals surface area contributed by atoms with Gasteiger partial charge in [0.15, 0.2) is 0 Å². The molecule has 0 saturated heterocycles. The summed E-state index contributed by atoms with van der Waals surface area (Å²) in [5.41, 5.74) is -0.407. The van der Waals surface area contributed by atoms with Gasteiger partial charge in [0.2, 0.25) is 0 Å². The third kappa shape index (κ3) is 3.39. The van der Waals surface area contributed by atoms with E-state index in [4.69, 9.17) is 4.74 Å². The van der Waals surface area contributed by atoms with Crippen molar-refractivity contribution in [3.05, 3.63) is 53.7 Å². The lowest BCUT2D eigenvalue weighted by Crippen LogP contribution is -2.08. The van der Waals surface area contributed by atoms with Gasteiger partial charge in [0.1, 0.15) is 0 Å². The highest BCUT2D eigenvalue weighted by molar-refractivity contribution is 5.90. The van der Waals surface area contributed by atoms with Crippen molar-refractivity contribution < 1.29 is 22.7 Å². The third-order valence-electron chi connectivity index (χ3n) is 2.78. The van der Waals surface area contributed by atoms with Gasteiger partial charge in [-0.1, -0.05) is 12.1 Å². The number of carbonyl (C=O) groups is 1. The minimum atomic E-state index is -4.48. The number of nitrogens with zero attached hydrogens (tertiary/aromatic N) is 1. The highest BCUT2D eigenvalue weighted by atomic mass is 19.4. The highest BCUT2D eigenvalue weighted by Gasteiger charge is 2.34. The minimum absolute atomic E-state index is 0.166. The summed E-state index contributed by atoms with van der Waals surface area (Å²) in [5, 5.41) is 0. The lowest BCUT2D eigenvalue weighted by atomic mass is 10.0. The minimum Gasteiger partial charge on any atom is -0.462 e. The molecular weight excluding hydrogens is 283 g/mol. The Balaban J connectivity index is 2.38. The molecule has 1 aromatic heterocycles. The van der Waals surface area contributed by atoms with Crippen molar-refractivity contribution in [3.63, 3.8) is 0 Å². The van der Waals surface area contributed by atoms with E-state index in [-0.39, 0.29) is 23.4 Å². The number of esters is 1. The predicted molar refractivity (Wildman–Crippen MR) is 70.6 cm³/mol. The van der Waals surface area contributed by atoms with Crippen LogP contribution in [0.15, 0.2) is 42.6 Å². The monoisotopic (exact) mass is 295 g/mol. The van der Waals surface area contributed by atoms with Gasteiger partial charge in [-0.05, 0) is 31.2 Å². The first kappa shape index (κ1) is 15.0. The molecule has 2 aromatic rings. The number of carbonyl (C=O) groups excluding carboxylic acids is 1. The van der Waals surface area contributed by atoms with Crippen molar-refractivity contribution in [2.75, 3.05) is 6.61 Å². The van der Waals surface area contributed by atoms with Crippen LogP contribution in [0.25, 0.3) is 11.3 Å². The highest BCUT2D eigenvalue weighted by Crippen LogP contribution is 2.35. The maximum Gasteiger partial charge on any atom is 0.418 e. The first-order chi connectivity index (χ1) is 9.93. The lowest BCUT2D eigenvalue weighted by molar-refractivity contribution is -0.137. The van der Waals surface area contributed by atoms with Crippen LogP contribution in [0.1, 0.15) is 22.8 Å². The molecule has 0 saturated carbocycles. The second-order valence-corrected chi connectivity index (χ2v) is 4.20. The van der Waals surface area contributed by atoms with Crippen molar-refractivity contribution >= 4 is 5.97 Å². The smallest absolute Gasteiger partial charge is 0.418 e. The van der Waals surface area contributed by atoms with Gasteiger partial charge in [-0.15, -0.1) is 0 Å². The molecule has 0 unspecified atom stereocenters. The topological polar surface area (TPSA) is 39.2 Å². The predicted octanol–water partition coefficient (Wildman–Crippen LogP) is 3.94. The summed E-state index contributed by atoms with van der Waals surface area (Å²) in [6.07, 6.45) is -3.19. The molecular formula is C15H12F3NO2. The number of alkyl halides is 3. The molecule has 6 heteroatoms. The fourth-order valence-corrected chi connectivity index (χ4v) is 1.84. The van der Waals surface area contributed by atoms with Crippen LogP contribution in [-0.4, -0.2) is 17.6 Å². The van der Waals surface area contributed by atoms with Crippen molar-refractivity contribution in [1.82, 2.24) is 4.98 Å². The van der Waals surface area contributed by atoms with Crippen molar-refractivity contribution in [2.45, 2.75) is 13.1 Å². The van der Waals surface area contributed by atoms with Gasteiger partial charge >= 0.3 is 12.1 Å². The zero-order valence-electron chi connectivity index (χ0n) is 11.1. The van der Waals surface area contributed by atoms with E-state index in [0.717, 1.165) is 6.07 Å². The number of halogens is 3. The maximum atomic E-state index is 12.9. The second-order valence-electron chi connectivity index (χ2n) is 4.20. The zero-order valence-corrected chi connectivity index (χ0v) is 11.1. The van der Waals surface area contributed by atoms with Gasteiger partial charge in [-0.25, -0.2) is 4.79 Å². The fourth-order valence-electron chi connectivity index (χ4n) is 1.84.